The summed E-state index contributed by atoms with van der Waals surface area (Å²) < 4.78 is 5.68. The Balaban J connectivity index is 1.81. The van der Waals surface area contributed by atoms with E-state index >= 15 is 0 Å². The molecule has 0 saturated carbocycles. The Morgan fingerprint density at radius 3 is 2.32 bits per heavy atom. The number of urea groups is 1. The zero-order valence-electron chi connectivity index (χ0n) is 14.1. The van der Waals surface area contributed by atoms with Gasteiger partial charge < -0.3 is 20.5 Å². The lowest BCUT2D eigenvalue weighted by atomic mass is 10.1. The van der Waals surface area contributed by atoms with Gasteiger partial charge in [0.25, 0.3) is 0 Å². The first-order valence-electron chi connectivity index (χ1n) is 8.10. The van der Waals surface area contributed by atoms with Crippen LogP contribution in [-0.4, -0.2) is 30.3 Å². The third kappa shape index (κ3) is 5.93. The molecular weight excluding hydrogens is 320 g/mol. The molecule has 0 aliphatic heterocycles. The van der Waals surface area contributed by atoms with Crippen LogP contribution in [0.15, 0.2) is 54.6 Å². The van der Waals surface area contributed by atoms with E-state index in [9.17, 15) is 9.59 Å². The second-order valence-electron chi connectivity index (χ2n) is 5.42. The van der Waals surface area contributed by atoms with Crippen LogP contribution in [0.25, 0.3) is 0 Å². The second kappa shape index (κ2) is 9.44. The quantitative estimate of drug-likeness (QED) is 0.688. The number of carboxylic acid groups (broad SMARTS) is 1. The van der Waals surface area contributed by atoms with E-state index < -0.39 is 5.97 Å². The third-order valence-electron chi connectivity index (χ3n) is 3.64. The molecule has 0 aliphatic carbocycles. The summed E-state index contributed by atoms with van der Waals surface area (Å²) in [6, 6.07) is 15.8. The van der Waals surface area contributed by atoms with E-state index in [2.05, 4.69) is 10.6 Å². The summed E-state index contributed by atoms with van der Waals surface area (Å²) in [6.07, 6.45) is -0.202. The largest absolute Gasteiger partial charge is 0.478 e. The maximum absolute atomic E-state index is 12.0. The molecule has 3 N–H and O–H groups in total. The number of nitrogens with one attached hydrogen (secondary N) is 2. The maximum Gasteiger partial charge on any atom is 0.335 e. The lowest BCUT2D eigenvalue weighted by molar-refractivity contribution is 0.0639. The maximum atomic E-state index is 12.0. The zero-order valence-corrected chi connectivity index (χ0v) is 14.1. The molecule has 0 aliphatic rings. The number of carbonyl (C=O) groups is 2. The fourth-order valence-electron chi connectivity index (χ4n) is 2.34. The topological polar surface area (TPSA) is 87.7 Å². The van der Waals surface area contributed by atoms with Crippen LogP contribution in [0, 0.1) is 0 Å². The van der Waals surface area contributed by atoms with Gasteiger partial charge >= 0.3 is 12.0 Å². The molecule has 6 nitrogen and oxygen atoms in total. The van der Waals surface area contributed by atoms with Gasteiger partial charge in [0, 0.05) is 19.7 Å². The van der Waals surface area contributed by atoms with Crippen molar-refractivity contribution in [2.75, 3.05) is 13.2 Å². The van der Waals surface area contributed by atoms with E-state index in [1.54, 1.807) is 12.1 Å². The first-order chi connectivity index (χ1) is 12.1. The predicted octanol–water partition coefficient (Wildman–Crippen LogP) is 2.96. The molecule has 0 heterocycles. The highest BCUT2D eigenvalue weighted by Crippen LogP contribution is 2.15. The number of hydrogen-bond acceptors (Lipinski definition) is 3. The molecule has 1 atom stereocenters. The minimum Gasteiger partial charge on any atom is -0.478 e. The van der Waals surface area contributed by atoms with E-state index in [0.29, 0.717) is 19.7 Å². The van der Waals surface area contributed by atoms with Crippen molar-refractivity contribution in [2.45, 2.75) is 19.6 Å². The van der Waals surface area contributed by atoms with Gasteiger partial charge in [-0.15, -0.1) is 0 Å². The highest BCUT2D eigenvalue weighted by Gasteiger charge is 2.12. The normalized spacial score (nSPS) is 11.6. The molecular formula is C19H22N2O4. The Kier molecular flexibility index (Phi) is 6.98. The number of rotatable bonds is 8. The van der Waals surface area contributed by atoms with Gasteiger partial charge in [-0.1, -0.05) is 42.5 Å². The standard InChI is InChI=1S/C19H22N2O4/c1-2-25-17(15-6-4-3-5-7-15)13-21-19(24)20-12-14-8-10-16(11-9-14)18(22)23/h3-11,17H,2,12-13H2,1H3,(H,22,23)(H2,20,21,24). The number of amides is 2. The summed E-state index contributed by atoms with van der Waals surface area (Å²) >= 11 is 0. The van der Waals surface area contributed by atoms with Crippen LogP contribution in [0.5, 0.6) is 0 Å². The first-order valence-corrected chi connectivity index (χ1v) is 8.10. The van der Waals surface area contributed by atoms with Gasteiger partial charge in [0.05, 0.1) is 11.7 Å². The molecule has 0 aromatic heterocycles. The number of hydrogen-bond donors (Lipinski definition) is 3. The van der Waals surface area contributed by atoms with E-state index in [-0.39, 0.29) is 17.7 Å². The molecule has 0 bridgehead atoms. The van der Waals surface area contributed by atoms with Crippen LogP contribution in [0.1, 0.15) is 34.5 Å². The molecule has 0 radical (unpaired) electrons. The molecule has 2 aromatic carbocycles. The zero-order chi connectivity index (χ0) is 18.1. The molecule has 1 unspecified atom stereocenters. The summed E-state index contributed by atoms with van der Waals surface area (Å²) in [5, 5.41) is 14.4. The summed E-state index contributed by atoms with van der Waals surface area (Å²) in [4.78, 5) is 22.8. The number of aromatic carboxylic acids is 1. The van der Waals surface area contributed by atoms with Crippen LogP contribution in [0.3, 0.4) is 0 Å². The fraction of sp³-hybridized carbons (Fsp3) is 0.263. The Hall–Kier alpha value is -2.86. The first kappa shape index (κ1) is 18.5. The summed E-state index contributed by atoms with van der Waals surface area (Å²) in [6.45, 7) is 3.15. The lowest BCUT2D eigenvalue weighted by Gasteiger charge is -2.18. The molecule has 2 aromatic rings. The Labute approximate surface area is 146 Å². The minimum atomic E-state index is -0.972. The molecule has 0 spiro atoms. The van der Waals surface area contributed by atoms with Gasteiger partial charge in [-0.05, 0) is 30.2 Å². The molecule has 2 amide bonds. The van der Waals surface area contributed by atoms with E-state index in [1.165, 1.54) is 12.1 Å². The Morgan fingerprint density at radius 2 is 1.72 bits per heavy atom. The summed E-state index contributed by atoms with van der Waals surface area (Å²) in [7, 11) is 0. The average Bonchev–Trinajstić information content (AvgIpc) is 2.64. The van der Waals surface area contributed by atoms with Crippen molar-refractivity contribution in [1.82, 2.24) is 10.6 Å². The minimum absolute atomic E-state index is 0.202. The van der Waals surface area contributed by atoms with Gasteiger partial charge in [0.1, 0.15) is 0 Å². The molecule has 0 fully saturated rings. The number of benzene rings is 2. The van der Waals surface area contributed by atoms with Crippen molar-refractivity contribution in [1.29, 1.82) is 0 Å². The van der Waals surface area contributed by atoms with Gasteiger partial charge in [-0.2, -0.15) is 0 Å². The van der Waals surface area contributed by atoms with Crippen molar-refractivity contribution < 1.29 is 19.4 Å². The lowest BCUT2D eigenvalue weighted by Crippen LogP contribution is -2.37. The van der Waals surface area contributed by atoms with Crippen molar-refractivity contribution in [3.8, 4) is 0 Å². The number of ether oxygens (including phenoxy) is 1. The van der Waals surface area contributed by atoms with Gasteiger partial charge in [-0.3, -0.25) is 0 Å². The monoisotopic (exact) mass is 342 g/mol. The number of carboxylic acids is 1. The third-order valence-corrected chi connectivity index (χ3v) is 3.64. The van der Waals surface area contributed by atoms with Crippen molar-refractivity contribution in [3.63, 3.8) is 0 Å². The Bertz CT molecular complexity index is 686. The Morgan fingerprint density at radius 1 is 1.04 bits per heavy atom. The highest BCUT2D eigenvalue weighted by molar-refractivity contribution is 5.87. The van der Waals surface area contributed by atoms with Gasteiger partial charge in [0.2, 0.25) is 0 Å². The van der Waals surface area contributed by atoms with Crippen LogP contribution < -0.4 is 10.6 Å². The van der Waals surface area contributed by atoms with Crippen LogP contribution in [-0.2, 0) is 11.3 Å². The second-order valence-corrected chi connectivity index (χ2v) is 5.42. The summed E-state index contributed by atoms with van der Waals surface area (Å²) in [5.74, 6) is -0.972. The van der Waals surface area contributed by atoms with Gasteiger partial charge in [-0.25, -0.2) is 9.59 Å². The molecule has 25 heavy (non-hydrogen) atoms. The predicted molar refractivity (Wildman–Crippen MR) is 94.4 cm³/mol. The highest BCUT2D eigenvalue weighted by atomic mass is 16.5. The van der Waals surface area contributed by atoms with Gasteiger partial charge in [0.15, 0.2) is 0 Å². The average molecular weight is 342 g/mol. The van der Waals surface area contributed by atoms with Crippen molar-refractivity contribution >= 4 is 12.0 Å². The van der Waals surface area contributed by atoms with Crippen LogP contribution >= 0.6 is 0 Å². The van der Waals surface area contributed by atoms with E-state index in [1.807, 2.05) is 37.3 Å². The molecule has 132 valence electrons. The fourth-order valence-corrected chi connectivity index (χ4v) is 2.34. The molecule has 2 rings (SSSR count). The van der Waals surface area contributed by atoms with E-state index in [0.717, 1.165) is 11.1 Å². The SMILES string of the molecule is CCOC(CNC(=O)NCc1ccc(C(=O)O)cc1)c1ccccc1. The molecule has 0 saturated heterocycles. The van der Waals surface area contributed by atoms with E-state index in [4.69, 9.17) is 9.84 Å². The van der Waals surface area contributed by atoms with Crippen molar-refractivity contribution in [3.05, 3.63) is 71.3 Å². The number of carbonyl (C=O) groups excluding carboxylic acids is 1. The summed E-state index contributed by atoms with van der Waals surface area (Å²) in [5.41, 5.74) is 2.05. The molecule has 6 heteroatoms. The van der Waals surface area contributed by atoms with Crippen molar-refractivity contribution in [2.24, 2.45) is 0 Å². The van der Waals surface area contributed by atoms with Crippen LogP contribution in [0.4, 0.5) is 4.79 Å². The smallest absolute Gasteiger partial charge is 0.335 e. The van der Waals surface area contributed by atoms with Crippen LogP contribution in [0.2, 0.25) is 0 Å².